The standard InChI is InChI=1S/C9H18O2/c1-4-5-9(3)6-8(10)7(2)11-9/h7-8,10H,4-6H2,1-3H3. The molecular weight excluding hydrogens is 140 g/mol. The first-order chi connectivity index (χ1) is 5.07. The lowest BCUT2D eigenvalue weighted by Crippen LogP contribution is -2.23. The maximum absolute atomic E-state index is 9.43. The predicted molar refractivity (Wildman–Crippen MR) is 44.5 cm³/mol. The zero-order valence-corrected chi connectivity index (χ0v) is 7.63. The van der Waals surface area contributed by atoms with Crippen molar-refractivity contribution in [3.63, 3.8) is 0 Å². The second-order valence-corrected chi connectivity index (χ2v) is 3.79. The highest BCUT2D eigenvalue weighted by Gasteiger charge is 2.39. The van der Waals surface area contributed by atoms with Crippen molar-refractivity contribution in [3.8, 4) is 0 Å². The molecule has 3 unspecified atom stereocenters. The summed E-state index contributed by atoms with van der Waals surface area (Å²) in [7, 11) is 0. The van der Waals surface area contributed by atoms with Gasteiger partial charge in [0.1, 0.15) is 0 Å². The first-order valence-electron chi connectivity index (χ1n) is 4.43. The molecule has 66 valence electrons. The lowest BCUT2D eigenvalue weighted by molar-refractivity contribution is -0.0375. The summed E-state index contributed by atoms with van der Waals surface area (Å²) in [6.45, 7) is 6.17. The van der Waals surface area contributed by atoms with Crippen LogP contribution in [-0.2, 0) is 4.74 Å². The molecule has 0 aliphatic carbocycles. The van der Waals surface area contributed by atoms with E-state index in [1.165, 1.54) is 0 Å². The second-order valence-electron chi connectivity index (χ2n) is 3.79. The van der Waals surface area contributed by atoms with Gasteiger partial charge in [-0.3, -0.25) is 0 Å². The molecule has 2 nitrogen and oxygen atoms in total. The molecule has 1 fully saturated rings. The third kappa shape index (κ3) is 1.94. The van der Waals surface area contributed by atoms with Gasteiger partial charge in [-0.25, -0.2) is 0 Å². The maximum Gasteiger partial charge on any atom is 0.0826 e. The molecule has 1 aliphatic heterocycles. The molecule has 2 heteroatoms. The van der Waals surface area contributed by atoms with E-state index in [0.717, 1.165) is 19.3 Å². The third-order valence-electron chi connectivity index (χ3n) is 2.43. The van der Waals surface area contributed by atoms with Crippen LogP contribution >= 0.6 is 0 Å². The third-order valence-corrected chi connectivity index (χ3v) is 2.43. The topological polar surface area (TPSA) is 29.5 Å². The molecule has 0 spiro atoms. The quantitative estimate of drug-likeness (QED) is 0.663. The largest absolute Gasteiger partial charge is 0.390 e. The Morgan fingerprint density at radius 1 is 1.64 bits per heavy atom. The zero-order chi connectivity index (χ0) is 8.48. The van der Waals surface area contributed by atoms with Crippen LogP contribution in [0.2, 0.25) is 0 Å². The molecule has 11 heavy (non-hydrogen) atoms. The molecule has 0 saturated carbocycles. The fraction of sp³-hybridized carbons (Fsp3) is 1.00. The van der Waals surface area contributed by atoms with Crippen LogP contribution in [0.15, 0.2) is 0 Å². The van der Waals surface area contributed by atoms with Gasteiger partial charge in [0.05, 0.1) is 17.8 Å². The van der Waals surface area contributed by atoms with Crippen LogP contribution < -0.4 is 0 Å². The van der Waals surface area contributed by atoms with Crippen LogP contribution in [0.25, 0.3) is 0 Å². The number of rotatable bonds is 2. The highest BCUT2D eigenvalue weighted by atomic mass is 16.5. The number of hydrogen-bond acceptors (Lipinski definition) is 2. The highest BCUT2D eigenvalue weighted by molar-refractivity contribution is 4.88. The van der Waals surface area contributed by atoms with Crippen molar-refractivity contribution < 1.29 is 9.84 Å². The van der Waals surface area contributed by atoms with Gasteiger partial charge in [0.25, 0.3) is 0 Å². The van der Waals surface area contributed by atoms with E-state index in [4.69, 9.17) is 4.74 Å². The molecule has 0 bridgehead atoms. The van der Waals surface area contributed by atoms with E-state index in [9.17, 15) is 5.11 Å². The summed E-state index contributed by atoms with van der Waals surface area (Å²) in [6.07, 6.45) is 2.73. The monoisotopic (exact) mass is 158 g/mol. The molecule has 0 aromatic rings. The van der Waals surface area contributed by atoms with E-state index in [1.807, 2.05) is 6.92 Å². The van der Waals surface area contributed by atoms with E-state index in [-0.39, 0.29) is 17.8 Å². The molecular formula is C9H18O2. The van der Waals surface area contributed by atoms with Gasteiger partial charge < -0.3 is 9.84 Å². The van der Waals surface area contributed by atoms with E-state index in [1.54, 1.807) is 0 Å². The molecule has 1 saturated heterocycles. The van der Waals surface area contributed by atoms with Gasteiger partial charge in [0.2, 0.25) is 0 Å². The van der Waals surface area contributed by atoms with Crippen LogP contribution in [0.5, 0.6) is 0 Å². The van der Waals surface area contributed by atoms with Crippen LogP contribution in [0, 0.1) is 0 Å². The zero-order valence-electron chi connectivity index (χ0n) is 7.63. The molecule has 0 aromatic heterocycles. The summed E-state index contributed by atoms with van der Waals surface area (Å²) < 4.78 is 5.65. The van der Waals surface area contributed by atoms with Gasteiger partial charge in [-0.1, -0.05) is 13.3 Å². The van der Waals surface area contributed by atoms with Crippen molar-refractivity contribution in [1.29, 1.82) is 0 Å². The summed E-state index contributed by atoms with van der Waals surface area (Å²) in [5.74, 6) is 0. The Hall–Kier alpha value is -0.0800. The molecule has 0 radical (unpaired) electrons. The summed E-state index contributed by atoms with van der Waals surface area (Å²) in [5.41, 5.74) is -0.0619. The molecule has 0 amide bonds. The lowest BCUT2D eigenvalue weighted by atomic mass is 9.96. The van der Waals surface area contributed by atoms with Crippen LogP contribution in [0.1, 0.15) is 40.0 Å². The fourth-order valence-corrected chi connectivity index (χ4v) is 1.87. The average molecular weight is 158 g/mol. The van der Waals surface area contributed by atoms with Crippen molar-refractivity contribution in [2.24, 2.45) is 0 Å². The SMILES string of the molecule is CCCC1(C)CC(O)C(C)O1. The molecule has 1 N–H and O–H groups in total. The molecule has 3 atom stereocenters. The Kier molecular flexibility index (Phi) is 2.55. The van der Waals surface area contributed by atoms with E-state index in [0.29, 0.717) is 0 Å². The van der Waals surface area contributed by atoms with Gasteiger partial charge in [0, 0.05) is 6.42 Å². The van der Waals surface area contributed by atoms with E-state index in [2.05, 4.69) is 13.8 Å². The van der Waals surface area contributed by atoms with Gasteiger partial charge in [-0.15, -0.1) is 0 Å². The highest BCUT2D eigenvalue weighted by Crippen LogP contribution is 2.33. The Morgan fingerprint density at radius 2 is 2.27 bits per heavy atom. The number of hydrogen-bond donors (Lipinski definition) is 1. The van der Waals surface area contributed by atoms with Crippen molar-refractivity contribution in [3.05, 3.63) is 0 Å². The Balaban J connectivity index is 2.49. The number of aliphatic hydroxyl groups excluding tert-OH is 1. The van der Waals surface area contributed by atoms with Crippen molar-refractivity contribution in [2.75, 3.05) is 0 Å². The maximum atomic E-state index is 9.43. The summed E-state index contributed by atoms with van der Waals surface area (Å²) in [6, 6.07) is 0. The van der Waals surface area contributed by atoms with Gasteiger partial charge in [0.15, 0.2) is 0 Å². The minimum Gasteiger partial charge on any atom is -0.390 e. The molecule has 0 aromatic carbocycles. The molecule has 1 aliphatic rings. The molecule has 1 rings (SSSR count). The van der Waals surface area contributed by atoms with Crippen molar-refractivity contribution >= 4 is 0 Å². The molecule has 1 heterocycles. The number of ether oxygens (including phenoxy) is 1. The predicted octanol–water partition coefficient (Wildman–Crippen LogP) is 1.71. The van der Waals surface area contributed by atoms with Crippen LogP contribution in [0.4, 0.5) is 0 Å². The smallest absolute Gasteiger partial charge is 0.0826 e. The van der Waals surface area contributed by atoms with Gasteiger partial charge >= 0.3 is 0 Å². The fourth-order valence-electron chi connectivity index (χ4n) is 1.87. The van der Waals surface area contributed by atoms with Crippen LogP contribution in [-0.4, -0.2) is 22.9 Å². The lowest BCUT2D eigenvalue weighted by Gasteiger charge is -2.22. The normalized spacial score (nSPS) is 44.7. The average Bonchev–Trinajstić information content (AvgIpc) is 2.08. The van der Waals surface area contributed by atoms with Gasteiger partial charge in [-0.2, -0.15) is 0 Å². The summed E-state index contributed by atoms with van der Waals surface area (Å²) in [4.78, 5) is 0. The second kappa shape index (κ2) is 3.11. The Labute approximate surface area is 68.6 Å². The first-order valence-corrected chi connectivity index (χ1v) is 4.43. The van der Waals surface area contributed by atoms with Crippen LogP contribution in [0.3, 0.4) is 0 Å². The minimum atomic E-state index is -0.258. The Bertz CT molecular complexity index is 124. The summed E-state index contributed by atoms with van der Waals surface area (Å²) in [5, 5.41) is 9.43. The Morgan fingerprint density at radius 3 is 2.64 bits per heavy atom. The minimum absolute atomic E-state index is 0.0200. The van der Waals surface area contributed by atoms with E-state index < -0.39 is 0 Å². The van der Waals surface area contributed by atoms with Crippen molar-refractivity contribution in [2.45, 2.75) is 57.8 Å². The van der Waals surface area contributed by atoms with E-state index >= 15 is 0 Å². The van der Waals surface area contributed by atoms with Gasteiger partial charge in [-0.05, 0) is 20.3 Å². The van der Waals surface area contributed by atoms with Crippen molar-refractivity contribution in [1.82, 2.24) is 0 Å². The summed E-state index contributed by atoms with van der Waals surface area (Å²) >= 11 is 0. The number of aliphatic hydroxyl groups is 1. The first kappa shape index (κ1) is 9.01.